The average Bonchev–Trinajstić information content (AvgIpc) is 3.28. The number of rotatable bonds is 4. The largest absolute Gasteiger partial charge is 0.388 e. The standard InChI is InChI=1S/C23H27N7O3/c1-12(2)27-23-28-17-20(29-7-6-15-5-4-14(9-24)8-16(15)10-29)25-11-26-21(17)30(23)22-19(32)18(31)13(3)33-22/h4-5,8,11-13,18-19,22,31-32H,6-7,10H2,1-3H3,(H,27,28)/t13-,18-,19-,22-/m1/s1. The summed E-state index contributed by atoms with van der Waals surface area (Å²) in [7, 11) is 0. The summed E-state index contributed by atoms with van der Waals surface area (Å²) >= 11 is 0. The highest BCUT2D eigenvalue weighted by Crippen LogP contribution is 2.37. The molecule has 5 rings (SSSR count). The van der Waals surface area contributed by atoms with Crippen molar-refractivity contribution in [3.63, 3.8) is 0 Å². The number of anilines is 2. The maximum Gasteiger partial charge on any atom is 0.207 e. The number of nitriles is 1. The Bertz CT molecular complexity index is 1230. The van der Waals surface area contributed by atoms with Gasteiger partial charge in [-0.3, -0.25) is 4.57 Å². The molecule has 0 unspecified atom stereocenters. The Morgan fingerprint density at radius 3 is 2.73 bits per heavy atom. The molecule has 0 aliphatic carbocycles. The summed E-state index contributed by atoms with van der Waals surface area (Å²) in [4.78, 5) is 16.0. The van der Waals surface area contributed by atoms with E-state index in [9.17, 15) is 15.5 Å². The average molecular weight is 450 g/mol. The topological polar surface area (TPSA) is 132 Å². The van der Waals surface area contributed by atoms with Gasteiger partial charge in [-0.05, 0) is 50.5 Å². The van der Waals surface area contributed by atoms with E-state index in [-0.39, 0.29) is 6.04 Å². The van der Waals surface area contributed by atoms with Crippen LogP contribution in [0.25, 0.3) is 11.2 Å². The third-order valence-electron chi connectivity index (χ3n) is 6.25. The number of aliphatic hydroxyl groups is 2. The zero-order chi connectivity index (χ0) is 23.3. The summed E-state index contributed by atoms with van der Waals surface area (Å²) in [5.74, 6) is 1.18. The number of aliphatic hydroxyl groups excluding tert-OH is 2. The molecule has 1 aromatic carbocycles. The molecule has 0 amide bonds. The number of hydrogen-bond donors (Lipinski definition) is 3. The Morgan fingerprint density at radius 1 is 1.21 bits per heavy atom. The molecule has 2 aliphatic rings. The molecule has 1 fully saturated rings. The fraction of sp³-hybridized carbons (Fsp3) is 0.478. The molecule has 0 radical (unpaired) electrons. The lowest BCUT2D eigenvalue weighted by molar-refractivity contribution is -0.0287. The molecule has 0 spiro atoms. The van der Waals surface area contributed by atoms with Crippen molar-refractivity contribution in [1.82, 2.24) is 19.5 Å². The number of hydrogen-bond acceptors (Lipinski definition) is 9. The summed E-state index contributed by atoms with van der Waals surface area (Å²) in [6.07, 6.45) is -1.16. The Kier molecular flexibility index (Phi) is 5.40. The molecule has 4 atom stereocenters. The Balaban J connectivity index is 1.59. The lowest BCUT2D eigenvalue weighted by atomic mass is 9.97. The van der Waals surface area contributed by atoms with Gasteiger partial charge in [0.2, 0.25) is 5.95 Å². The molecule has 3 N–H and O–H groups in total. The van der Waals surface area contributed by atoms with Crippen LogP contribution >= 0.6 is 0 Å². The predicted octanol–water partition coefficient (Wildman–Crippen LogP) is 1.72. The lowest BCUT2D eigenvalue weighted by Crippen LogP contribution is -2.31. The van der Waals surface area contributed by atoms with Crippen molar-refractivity contribution >= 4 is 22.9 Å². The first-order valence-electron chi connectivity index (χ1n) is 11.1. The molecule has 2 aliphatic heterocycles. The highest BCUT2D eigenvalue weighted by Gasteiger charge is 2.43. The lowest BCUT2D eigenvalue weighted by Gasteiger charge is -2.29. The molecule has 0 bridgehead atoms. The zero-order valence-corrected chi connectivity index (χ0v) is 18.8. The van der Waals surface area contributed by atoms with E-state index < -0.39 is 24.5 Å². The minimum Gasteiger partial charge on any atom is -0.388 e. The third kappa shape index (κ3) is 3.68. The maximum atomic E-state index is 10.7. The number of aromatic nitrogens is 4. The van der Waals surface area contributed by atoms with Gasteiger partial charge in [-0.2, -0.15) is 5.26 Å². The van der Waals surface area contributed by atoms with E-state index in [2.05, 4.69) is 26.3 Å². The summed E-state index contributed by atoms with van der Waals surface area (Å²) in [6.45, 7) is 7.07. The second kappa shape index (κ2) is 8.26. The molecule has 4 heterocycles. The summed E-state index contributed by atoms with van der Waals surface area (Å²) in [5.41, 5.74) is 4.07. The van der Waals surface area contributed by atoms with Crippen LogP contribution in [-0.2, 0) is 17.7 Å². The van der Waals surface area contributed by atoms with Crippen LogP contribution in [0.5, 0.6) is 0 Å². The highest BCUT2D eigenvalue weighted by molar-refractivity contribution is 5.86. The van der Waals surface area contributed by atoms with Gasteiger partial charge in [0, 0.05) is 19.1 Å². The molecule has 33 heavy (non-hydrogen) atoms. The fourth-order valence-electron chi connectivity index (χ4n) is 4.58. The molecule has 10 nitrogen and oxygen atoms in total. The summed E-state index contributed by atoms with van der Waals surface area (Å²) < 4.78 is 7.61. The van der Waals surface area contributed by atoms with Crippen LogP contribution in [0.2, 0.25) is 0 Å². The van der Waals surface area contributed by atoms with E-state index >= 15 is 0 Å². The van der Waals surface area contributed by atoms with E-state index in [0.717, 1.165) is 18.5 Å². The first kappa shape index (κ1) is 21.6. The van der Waals surface area contributed by atoms with Gasteiger partial charge >= 0.3 is 0 Å². The number of imidazole rings is 1. The van der Waals surface area contributed by atoms with Gasteiger partial charge in [0.1, 0.15) is 18.5 Å². The molecular formula is C23H27N7O3. The number of nitrogens with one attached hydrogen (secondary N) is 1. The molecule has 2 aromatic heterocycles. The van der Waals surface area contributed by atoms with Crippen molar-refractivity contribution < 1.29 is 14.9 Å². The minimum absolute atomic E-state index is 0.0733. The van der Waals surface area contributed by atoms with Crippen LogP contribution in [0, 0.1) is 11.3 Å². The van der Waals surface area contributed by atoms with Crippen molar-refractivity contribution in [2.75, 3.05) is 16.8 Å². The SMILES string of the molecule is CC(C)Nc1nc2c(N3CCc4ccc(C#N)cc4C3)ncnc2n1[C@@H]1O[C@H](C)[C@@H](O)[C@H]1O. The first-order chi connectivity index (χ1) is 15.9. The molecule has 0 saturated carbocycles. The van der Waals surface area contributed by atoms with Crippen molar-refractivity contribution in [3.05, 3.63) is 41.2 Å². The van der Waals surface area contributed by atoms with Gasteiger partial charge < -0.3 is 25.2 Å². The normalized spacial score (nSPS) is 24.8. The molecule has 10 heteroatoms. The maximum absolute atomic E-state index is 10.7. The van der Waals surface area contributed by atoms with Gasteiger partial charge in [-0.25, -0.2) is 15.0 Å². The summed E-state index contributed by atoms with van der Waals surface area (Å²) in [5, 5.41) is 33.5. The number of fused-ring (bicyclic) bond motifs is 2. The van der Waals surface area contributed by atoms with Gasteiger partial charge in [-0.1, -0.05) is 6.07 Å². The monoisotopic (exact) mass is 449 g/mol. The highest BCUT2D eigenvalue weighted by atomic mass is 16.6. The second-order valence-corrected chi connectivity index (χ2v) is 8.95. The Hall–Kier alpha value is -3.26. The van der Waals surface area contributed by atoms with E-state index in [1.807, 2.05) is 32.0 Å². The van der Waals surface area contributed by atoms with E-state index in [4.69, 9.17) is 9.72 Å². The Morgan fingerprint density at radius 2 is 2.03 bits per heavy atom. The van der Waals surface area contributed by atoms with Gasteiger partial charge in [0.15, 0.2) is 23.2 Å². The smallest absolute Gasteiger partial charge is 0.207 e. The molecule has 3 aromatic rings. The number of ether oxygens (including phenoxy) is 1. The Labute approximate surface area is 191 Å². The molecule has 1 saturated heterocycles. The second-order valence-electron chi connectivity index (χ2n) is 8.95. The predicted molar refractivity (Wildman–Crippen MR) is 122 cm³/mol. The van der Waals surface area contributed by atoms with Crippen LogP contribution in [-0.4, -0.2) is 60.6 Å². The van der Waals surface area contributed by atoms with Gasteiger partial charge in [-0.15, -0.1) is 0 Å². The van der Waals surface area contributed by atoms with Gasteiger partial charge in [0.25, 0.3) is 0 Å². The van der Waals surface area contributed by atoms with E-state index in [1.165, 1.54) is 11.9 Å². The number of benzene rings is 1. The van der Waals surface area contributed by atoms with Crippen molar-refractivity contribution in [1.29, 1.82) is 5.26 Å². The van der Waals surface area contributed by atoms with Gasteiger partial charge in [0.05, 0.1) is 17.7 Å². The van der Waals surface area contributed by atoms with Crippen molar-refractivity contribution in [3.8, 4) is 6.07 Å². The van der Waals surface area contributed by atoms with Crippen LogP contribution in [0.4, 0.5) is 11.8 Å². The van der Waals surface area contributed by atoms with Crippen LogP contribution in [0.1, 0.15) is 43.7 Å². The third-order valence-corrected chi connectivity index (χ3v) is 6.25. The van der Waals surface area contributed by atoms with Crippen molar-refractivity contribution in [2.45, 2.75) is 64.3 Å². The van der Waals surface area contributed by atoms with E-state index in [0.29, 0.717) is 35.0 Å². The fourth-order valence-corrected chi connectivity index (χ4v) is 4.58. The summed E-state index contributed by atoms with van der Waals surface area (Å²) in [6, 6.07) is 8.08. The quantitative estimate of drug-likeness (QED) is 0.544. The van der Waals surface area contributed by atoms with E-state index in [1.54, 1.807) is 11.5 Å². The van der Waals surface area contributed by atoms with Crippen LogP contribution in [0.3, 0.4) is 0 Å². The first-order valence-corrected chi connectivity index (χ1v) is 11.1. The molecular weight excluding hydrogens is 422 g/mol. The zero-order valence-electron chi connectivity index (χ0n) is 18.8. The minimum atomic E-state index is -1.12. The number of nitrogens with zero attached hydrogens (tertiary/aromatic N) is 6. The molecule has 172 valence electrons. The van der Waals surface area contributed by atoms with Crippen molar-refractivity contribution in [2.24, 2.45) is 0 Å². The van der Waals surface area contributed by atoms with Crippen LogP contribution < -0.4 is 10.2 Å². The van der Waals surface area contributed by atoms with Crippen LogP contribution in [0.15, 0.2) is 24.5 Å².